The first-order valence-electron chi connectivity index (χ1n) is 7.17. The van der Waals surface area contributed by atoms with Crippen LogP contribution in [0.25, 0.3) is 11.3 Å². The first-order chi connectivity index (χ1) is 11.8. The highest BCUT2D eigenvalue weighted by Crippen LogP contribution is 2.31. The number of nitrogens with one attached hydrogen (secondary N) is 1. The third-order valence-electron chi connectivity index (χ3n) is 3.49. The summed E-state index contributed by atoms with van der Waals surface area (Å²) < 4.78 is 5.69. The number of amides is 1. The number of benzene rings is 2. The van der Waals surface area contributed by atoms with Gasteiger partial charge in [0.25, 0.3) is 5.91 Å². The highest BCUT2D eigenvalue weighted by molar-refractivity contribution is 6.42. The average molecular weight is 415 g/mol. The summed E-state index contributed by atoms with van der Waals surface area (Å²) in [4.78, 5) is 12.5. The van der Waals surface area contributed by atoms with Crippen molar-refractivity contribution in [1.82, 2.24) is 0 Å². The molecule has 0 aliphatic carbocycles. The van der Waals surface area contributed by atoms with Crippen LogP contribution in [-0.4, -0.2) is 5.91 Å². The third-order valence-corrected chi connectivity index (χ3v) is 4.66. The number of rotatable bonds is 3. The summed E-state index contributed by atoms with van der Waals surface area (Å²) in [6.45, 7) is 1.71. The van der Waals surface area contributed by atoms with Crippen LogP contribution < -0.4 is 5.32 Å². The predicted molar refractivity (Wildman–Crippen MR) is 103 cm³/mol. The van der Waals surface area contributed by atoms with Crippen molar-refractivity contribution in [3.63, 3.8) is 0 Å². The fraction of sp³-hybridized carbons (Fsp3) is 0.0556. The van der Waals surface area contributed by atoms with Crippen molar-refractivity contribution in [3.05, 3.63) is 73.9 Å². The molecule has 128 valence electrons. The zero-order chi connectivity index (χ0) is 18.1. The van der Waals surface area contributed by atoms with Crippen LogP contribution >= 0.6 is 46.4 Å². The normalized spacial score (nSPS) is 10.8. The number of hydrogen-bond acceptors (Lipinski definition) is 2. The average Bonchev–Trinajstić information content (AvgIpc) is 2.92. The van der Waals surface area contributed by atoms with Crippen LogP contribution in [-0.2, 0) is 0 Å². The second-order valence-electron chi connectivity index (χ2n) is 5.32. The molecule has 0 saturated heterocycles. The number of furan rings is 1. The van der Waals surface area contributed by atoms with E-state index in [1.165, 1.54) is 0 Å². The molecule has 7 heteroatoms. The third kappa shape index (κ3) is 4.13. The van der Waals surface area contributed by atoms with Crippen LogP contribution in [0.5, 0.6) is 0 Å². The van der Waals surface area contributed by atoms with E-state index in [1.807, 2.05) is 0 Å². The summed E-state index contributed by atoms with van der Waals surface area (Å²) in [6.07, 6.45) is 0. The van der Waals surface area contributed by atoms with Crippen molar-refractivity contribution in [3.8, 4) is 11.3 Å². The van der Waals surface area contributed by atoms with Gasteiger partial charge in [0.05, 0.1) is 15.6 Å². The molecule has 3 aromatic rings. The topological polar surface area (TPSA) is 42.2 Å². The maximum Gasteiger partial charge on any atom is 0.259 e. The van der Waals surface area contributed by atoms with E-state index < -0.39 is 0 Å². The summed E-state index contributed by atoms with van der Waals surface area (Å²) in [5.41, 5.74) is 1.62. The maximum absolute atomic E-state index is 12.5. The smallest absolute Gasteiger partial charge is 0.259 e. The molecule has 25 heavy (non-hydrogen) atoms. The number of aryl methyl sites for hydroxylation is 1. The Morgan fingerprint density at radius 2 is 1.60 bits per heavy atom. The molecule has 1 N–H and O–H groups in total. The summed E-state index contributed by atoms with van der Waals surface area (Å²) in [5, 5.41) is 4.50. The maximum atomic E-state index is 12.5. The Balaban J connectivity index is 1.88. The van der Waals surface area contributed by atoms with Crippen molar-refractivity contribution in [1.29, 1.82) is 0 Å². The number of halogens is 4. The van der Waals surface area contributed by atoms with Gasteiger partial charge in [-0.15, -0.1) is 0 Å². The fourth-order valence-corrected chi connectivity index (χ4v) is 3.14. The van der Waals surface area contributed by atoms with Gasteiger partial charge in [-0.3, -0.25) is 4.79 Å². The van der Waals surface area contributed by atoms with Crippen molar-refractivity contribution < 1.29 is 9.21 Å². The van der Waals surface area contributed by atoms with Gasteiger partial charge in [-0.05, 0) is 49.4 Å². The molecule has 1 heterocycles. The molecule has 0 aliphatic rings. The fourth-order valence-electron chi connectivity index (χ4n) is 2.32. The van der Waals surface area contributed by atoms with Gasteiger partial charge in [0.15, 0.2) is 0 Å². The van der Waals surface area contributed by atoms with Crippen LogP contribution in [0.15, 0.2) is 46.9 Å². The second kappa shape index (κ2) is 7.30. The van der Waals surface area contributed by atoms with Crippen molar-refractivity contribution in [2.24, 2.45) is 0 Å². The lowest BCUT2D eigenvalue weighted by molar-refractivity contribution is 0.102. The van der Waals surface area contributed by atoms with E-state index in [-0.39, 0.29) is 5.91 Å². The second-order valence-corrected chi connectivity index (χ2v) is 7.01. The quantitative estimate of drug-likeness (QED) is 0.495. The zero-order valence-corrected chi connectivity index (χ0v) is 15.9. The van der Waals surface area contributed by atoms with Crippen LogP contribution in [0.2, 0.25) is 20.1 Å². The molecule has 0 radical (unpaired) electrons. The van der Waals surface area contributed by atoms with Gasteiger partial charge in [-0.1, -0.05) is 46.4 Å². The number of carbonyl (C=O) groups is 1. The number of anilines is 1. The monoisotopic (exact) mass is 413 g/mol. The Morgan fingerprint density at radius 3 is 2.24 bits per heavy atom. The predicted octanol–water partition coefficient (Wildman–Crippen LogP) is 7.12. The lowest BCUT2D eigenvalue weighted by Gasteiger charge is -2.05. The van der Waals surface area contributed by atoms with Crippen LogP contribution in [0, 0.1) is 6.92 Å². The Labute approximate surface area is 164 Å². The molecule has 3 nitrogen and oxygen atoms in total. The minimum atomic E-state index is -0.320. The zero-order valence-electron chi connectivity index (χ0n) is 12.9. The first-order valence-corrected chi connectivity index (χ1v) is 8.68. The van der Waals surface area contributed by atoms with Crippen LogP contribution in [0.3, 0.4) is 0 Å². The molecular weight excluding hydrogens is 404 g/mol. The van der Waals surface area contributed by atoms with E-state index in [4.69, 9.17) is 50.8 Å². The largest absolute Gasteiger partial charge is 0.461 e. The number of hydrogen-bond donors (Lipinski definition) is 1. The molecule has 1 amide bonds. The molecule has 3 rings (SSSR count). The van der Waals surface area contributed by atoms with Crippen molar-refractivity contribution in [2.75, 3.05) is 5.32 Å². The SMILES string of the molecule is Cc1oc(-c2cc(Cl)cc(Cl)c2)cc1C(=O)Nc1ccc(Cl)c(Cl)c1. The van der Waals surface area contributed by atoms with E-state index in [0.717, 1.165) is 0 Å². The first kappa shape index (κ1) is 18.2. The van der Waals surface area contributed by atoms with Crippen LogP contribution in [0.1, 0.15) is 16.1 Å². The minimum absolute atomic E-state index is 0.320. The van der Waals surface area contributed by atoms with E-state index in [2.05, 4.69) is 5.32 Å². The molecule has 0 aliphatic heterocycles. The van der Waals surface area contributed by atoms with E-state index in [0.29, 0.717) is 48.4 Å². The summed E-state index contributed by atoms with van der Waals surface area (Å²) in [5.74, 6) is 0.656. The molecule has 0 saturated carbocycles. The van der Waals surface area contributed by atoms with Crippen LogP contribution in [0.4, 0.5) is 5.69 Å². The van der Waals surface area contributed by atoms with Crippen molar-refractivity contribution >= 4 is 58.0 Å². The molecule has 2 aromatic carbocycles. The molecule has 0 bridgehead atoms. The van der Waals surface area contributed by atoms with E-state index in [9.17, 15) is 4.79 Å². The van der Waals surface area contributed by atoms with Gasteiger partial charge >= 0.3 is 0 Å². The van der Waals surface area contributed by atoms with Gasteiger partial charge in [0, 0.05) is 21.3 Å². The van der Waals surface area contributed by atoms with E-state index in [1.54, 1.807) is 49.4 Å². The standard InChI is InChI=1S/C18H11Cl4NO2/c1-9-14(18(24)23-13-2-3-15(21)16(22)7-13)8-17(25-9)10-4-11(19)6-12(20)5-10/h2-8H,1H3,(H,23,24). The van der Waals surface area contributed by atoms with Gasteiger partial charge in [-0.25, -0.2) is 0 Å². The summed E-state index contributed by atoms with van der Waals surface area (Å²) in [6, 6.07) is 11.6. The Hall–Kier alpha value is -1.65. The van der Waals surface area contributed by atoms with Gasteiger partial charge in [-0.2, -0.15) is 0 Å². The highest BCUT2D eigenvalue weighted by atomic mass is 35.5. The summed E-state index contributed by atoms with van der Waals surface area (Å²) >= 11 is 23.9. The molecule has 0 spiro atoms. The molecule has 0 unspecified atom stereocenters. The molecular formula is C18H11Cl4NO2. The highest BCUT2D eigenvalue weighted by Gasteiger charge is 2.17. The lowest BCUT2D eigenvalue weighted by Crippen LogP contribution is -2.12. The molecule has 0 atom stereocenters. The van der Waals surface area contributed by atoms with Gasteiger partial charge in [0.2, 0.25) is 0 Å². The van der Waals surface area contributed by atoms with Gasteiger partial charge in [0.1, 0.15) is 11.5 Å². The van der Waals surface area contributed by atoms with E-state index >= 15 is 0 Å². The Morgan fingerprint density at radius 1 is 0.920 bits per heavy atom. The van der Waals surface area contributed by atoms with Gasteiger partial charge < -0.3 is 9.73 Å². The summed E-state index contributed by atoms with van der Waals surface area (Å²) in [7, 11) is 0. The minimum Gasteiger partial charge on any atom is -0.461 e. The van der Waals surface area contributed by atoms with Crippen molar-refractivity contribution in [2.45, 2.75) is 6.92 Å². The Bertz CT molecular complexity index is 945. The molecule has 0 fully saturated rings. The lowest BCUT2D eigenvalue weighted by atomic mass is 10.1. The molecule has 1 aromatic heterocycles. The Kier molecular flexibility index (Phi) is 5.30. The number of carbonyl (C=O) groups excluding carboxylic acids is 1.